The van der Waals surface area contributed by atoms with Crippen LogP contribution in [0.5, 0.6) is 0 Å². The molecule has 0 heterocycles. The van der Waals surface area contributed by atoms with Gasteiger partial charge in [-0.15, -0.1) is 0 Å². The summed E-state index contributed by atoms with van der Waals surface area (Å²) in [5, 5.41) is 23.2. The van der Waals surface area contributed by atoms with Gasteiger partial charge in [-0.3, -0.25) is 9.59 Å². The van der Waals surface area contributed by atoms with E-state index < -0.39 is 12.1 Å². The Morgan fingerprint density at radius 1 is 0.459 bits per heavy atom. The van der Waals surface area contributed by atoms with Gasteiger partial charge < -0.3 is 20.3 Å². The third-order valence-electron chi connectivity index (χ3n) is 12.5. The molecular weight excluding hydrogens is 755 g/mol. The Kier molecular flexibility index (Phi) is 49.6. The Labute approximate surface area is 380 Å². The van der Waals surface area contributed by atoms with Gasteiger partial charge in [0.25, 0.3) is 0 Å². The van der Waals surface area contributed by atoms with Gasteiger partial charge in [0.1, 0.15) is 0 Å². The zero-order chi connectivity index (χ0) is 44.4. The highest BCUT2D eigenvalue weighted by Crippen LogP contribution is 2.17. The summed E-state index contributed by atoms with van der Waals surface area (Å²) in [6, 6.07) is -0.543. The summed E-state index contributed by atoms with van der Waals surface area (Å²) in [7, 11) is 0. The van der Waals surface area contributed by atoms with Gasteiger partial charge in [0.15, 0.2) is 0 Å². The van der Waals surface area contributed by atoms with Crippen molar-refractivity contribution in [2.45, 2.75) is 302 Å². The van der Waals surface area contributed by atoms with Gasteiger partial charge in [0.2, 0.25) is 5.91 Å². The van der Waals surface area contributed by atoms with E-state index in [1.54, 1.807) is 0 Å². The number of carbonyl (C=O) groups is 2. The van der Waals surface area contributed by atoms with Gasteiger partial charge in [-0.05, 0) is 44.9 Å². The fourth-order valence-electron chi connectivity index (χ4n) is 8.36. The monoisotopic (exact) mass is 860 g/mol. The van der Waals surface area contributed by atoms with Crippen LogP contribution in [0.1, 0.15) is 290 Å². The molecule has 0 aromatic heterocycles. The highest BCUT2D eigenvalue weighted by molar-refractivity contribution is 5.76. The second kappa shape index (κ2) is 51.0. The lowest BCUT2D eigenvalue weighted by atomic mass is 10.0. The molecule has 0 rings (SSSR count). The Morgan fingerprint density at radius 3 is 1.25 bits per heavy atom. The number of esters is 1. The molecule has 3 N–H and O–H groups in total. The Balaban J connectivity index is 3.45. The van der Waals surface area contributed by atoms with Gasteiger partial charge in [-0.2, -0.15) is 0 Å². The average molecular weight is 860 g/mol. The standard InChI is InChI=1S/C55H105NO5/c1-3-5-7-9-11-13-15-28-31-35-39-43-47-53(58)52(51-57)56-54(59)48-44-40-36-32-29-25-23-21-19-17-16-18-20-22-24-26-30-34-38-42-46-50-61-55(60)49-45-41-37-33-27-14-12-10-8-6-4-2/h26,30,38,42,52-53,57-58H,3-25,27-29,31-37,39-41,43-51H2,1-2H3,(H,56,59)/b30-26-,42-38-. The van der Waals surface area contributed by atoms with E-state index in [-0.39, 0.29) is 18.5 Å². The second-order valence-corrected chi connectivity index (χ2v) is 18.6. The van der Waals surface area contributed by atoms with Crippen molar-refractivity contribution in [3.8, 4) is 0 Å². The van der Waals surface area contributed by atoms with Gasteiger partial charge in [0.05, 0.1) is 25.4 Å². The van der Waals surface area contributed by atoms with Gasteiger partial charge in [0, 0.05) is 12.8 Å². The van der Waals surface area contributed by atoms with Crippen LogP contribution >= 0.6 is 0 Å². The van der Waals surface area contributed by atoms with E-state index >= 15 is 0 Å². The molecule has 2 unspecified atom stereocenters. The summed E-state index contributed by atoms with van der Waals surface area (Å²) in [6.07, 6.45) is 60.3. The number of carbonyl (C=O) groups excluding carboxylic acids is 2. The molecule has 2 atom stereocenters. The van der Waals surface area contributed by atoms with Crippen LogP contribution in [0, 0.1) is 0 Å². The maximum absolute atomic E-state index is 12.4. The van der Waals surface area contributed by atoms with Crippen molar-refractivity contribution in [3.05, 3.63) is 24.3 Å². The SMILES string of the molecule is CCCCCCCCCCCCCCC(O)C(CO)NC(=O)CCCCCCCCCCCCCCCC/C=C\C/C=C\CCOC(=O)CCCCCCCCCCCCC. The first-order valence-corrected chi connectivity index (χ1v) is 27.1. The first kappa shape index (κ1) is 59.3. The number of unbranched alkanes of at least 4 members (excludes halogenated alkanes) is 35. The molecule has 0 aliphatic carbocycles. The molecule has 0 aliphatic heterocycles. The van der Waals surface area contributed by atoms with Crippen molar-refractivity contribution in [2.24, 2.45) is 0 Å². The maximum atomic E-state index is 12.4. The molecule has 0 saturated carbocycles. The predicted molar refractivity (Wildman–Crippen MR) is 264 cm³/mol. The van der Waals surface area contributed by atoms with Crippen molar-refractivity contribution < 1.29 is 24.5 Å². The Hall–Kier alpha value is -1.66. The highest BCUT2D eigenvalue weighted by Gasteiger charge is 2.20. The largest absolute Gasteiger partial charge is 0.465 e. The zero-order valence-electron chi connectivity index (χ0n) is 40.9. The van der Waals surface area contributed by atoms with E-state index in [1.807, 2.05) is 0 Å². The van der Waals surface area contributed by atoms with Crippen molar-refractivity contribution in [1.29, 1.82) is 0 Å². The molecule has 0 bridgehead atoms. The minimum Gasteiger partial charge on any atom is -0.465 e. The van der Waals surface area contributed by atoms with E-state index in [9.17, 15) is 19.8 Å². The molecule has 0 radical (unpaired) electrons. The van der Waals surface area contributed by atoms with E-state index in [2.05, 4.69) is 43.5 Å². The fraction of sp³-hybridized carbons (Fsp3) is 0.891. The van der Waals surface area contributed by atoms with E-state index in [4.69, 9.17) is 4.74 Å². The highest BCUT2D eigenvalue weighted by atomic mass is 16.5. The molecule has 61 heavy (non-hydrogen) atoms. The quantitative estimate of drug-likeness (QED) is 0.0322. The smallest absolute Gasteiger partial charge is 0.305 e. The number of allylic oxidation sites excluding steroid dienone is 3. The molecule has 0 saturated heterocycles. The Morgan fingerprint density at radius 2 is 0.820 bits per heavy atom. The summed E-state index contributed by atoms with van der Waals surface area (Å²) in [4.78, 5) is 24.4. The topological polar surface area (TPSA) is 95.9 Å². The molecule has 0 spiro atoms. The molecule has 6 nitrogen and oxygen atoms in total. The van der Waals surface area contributed by atoms with Gasteiger partial charge in [-0.1, -0.05) is 256 Å². The summed E-state index contributed by atoms with van der Waals surface area (Å²) in [5.41, 5.74) is 0. The normalized spacial score (nSPS) is 12.8. The number of aliphatic hydroxyl groups is 2. The summed E-state index contributed by atoms with van der Waals surface area (Å²) in [6.45, 7) is 4.83. The first-order chi connectivity index (χ1) is 30.0. The third kappa shape index (κ3) is 47.7. The molecule has 0 aromatic carbocycles. The summed E-state index contributed by atoms with van der Waals surface area (Å²) >= 11 is 0. The van der Waals surface area contributed by atoms with E-state index in [1.165, 1.54) is 205 Å². The van der Waals surface area contributed by atoms with Crippen LogP contribution in [0.2, 0.25) is 0 Å². The number of ether oxygens (including phenoxy) is 1. The van der Waals surface area contributed by atoms with Crippen molar-refractivity contribution in [1.82, 2.24) is 5.32 Å². The van der Waals surface area contributed by atoms with E-state index in [0.717, 1.165) is 51.4 Å². The Bertz CT molecular complexity index is 951. The van der Waals surface area contributed by atoms with Crippen molar-refractivity contribution in [3.63, 3.8) is 0 Å². The molecule has 0 fully saturated rings. The van der Waals surface area contributed by atoms with E-state index in [0.29, 0.717) is 25.9 Å². The van der Waals surface area contributed by atoms with Crippen LogP contribution in [0.4, 0.5) is 0 Å². The number of hydrogen-bond donors (Lipinski definition) is 3. The molecule has 1 amide bonds. The molecule has 0 aromatic rings. The fourth-order valence-corrected chi connectivity index (χ4v) is 8.36. The predicted octanol–water partition coefficient (Wildman–Crippen LogP) is 16.3. The van der Waals surface area contributed by atoms with Crippen LogP contribution in [-0.4, -0.2) is 47.4 Å². The lowest BCUT2D eigenvalue weighted by Crippen LogP contribution is -2.45. The summed E-state index contributed by atoms with van der Waals surface area (Å²) < 4.78 is 5.39. The lowest BCUT2D eigenvalue weighted by molar-refractivity contribution is -0.143. The lowest BCUT2D eigenvalue weighted by Gasteiger charge is -2.22. The first-order valence-electron chi connectivity index (χ1n) is 27.1. The number of nitrogens with one attached hydrogen (secondary N) is 1. The maximum Gasteiger partial charge on any atom is 0.305 e. The van der Waals surface area contributed by atoms with Crippen LogP contribution in [-0.2, 0) is 14.3 Å². The van der Waals surface area contributed by atoms with Crippen LogP contribution < -0.4 is 5.32 Å². The average Bonchev–Trinajstić information content (AvgIpc) is 3.26. The number of hydrogen-bond acceptors (Lipinski definition) is 5. The van der Waals surface area contributed by atoms with Gasteiger partial charge in [-0.25, -0.2) is 0 Å². The van der Waals surface area contributed by atoms with Crippen LogP contribution in [0.15, 0.2) is 24.3 Å². The zero-order valence-corrected chi connectivity index (χ0v) is 40.9. The number of amides is 1. The number of rotatable bonds is 50. The second-order valence-electron chi connectivity index (χ2n) is 18.6. The minimum absolute atomic E-state index is 0.0357. The molecule has 360 valence electrons. The van der Waals surface area contributed by atoms with Crippen LogP contribution in [0.25, 0.3) is 0 Å². The molecule has 0 aliphatic rings. The molecule has 6 heteroatoms. The minimum atomic E-state index is -0.666. The van der Waals surface area contributed by atoms with Crippen molar-refractivity contribution in [2.75, 3.05) is 13.2 Å². The molecular formula is C55H105NO5. The summed E-state index contributed by atoms with van der Waals surface area (Å²) in [5.74, 6) is -0.0756. The van der Waals surface area contributed by atoms with Crippen molar-refractivity contribution >= 4 is 11.9 Å². The third-order valence-corrected chi connectivity index (χ3v) is 12.5. The van der Waals surface area contributed by atoms with Gasteiger partial charge >= 0.3 is 5.97 Å². The van der Waals surface area contributed by atoms with Crippen LogP contribution in [0.3, 0.4) is 0 Å². The number of aliphatic hydroxyl groups excluding tert-OH is 2.